The molecule has 0 N–H and O–H groups in total. The van der Waals surface area contributed by atoms with Crippen LogP contribution in [0.15, 0.2) is 67.0 Å². The zero-order chi connectivity index (χ0) is 17.5. The Morgan fingerprint density at radius 2 is 1.72 bits per heavy atom. The summed E-state index contributed by atoms with van der Waals surface area (Å²) in [5, 5.41) is 4.43. The molecule has 3 aromatic rings. The van der Waals surface area contributed by atoms with Crippen LogP contribution in [-0.2, 0) is 6.54 Å². The molecule has 0 saturated carbocycles. The summed E-state index contributed by atoms with van der Waals surface area (Å²) in [6.45, 7) is 2.30. The molecule has 0 amide bonds. The molecule has 0 bridgehead atoms. The monoisotopic (exact) mass is 337 g/mol. The van der Waals surface area contributed by atoms with Gasteiger partial charge in [-0.3, -0.25) is 4.90 Å². The van der Waals surface area contributed by atoms with E-state index in [-0.39, 0.29) is 0 Å². The van der Waals surface area contributed by atoms with E-state index in [0.29, 0.717) is 6.61 Å². The van der Waals surface area contributed by atoms with Crippen molar-refractivity contribution in [3.8, 4) is 17.2 Å². The van der Waals surface area contributed by atoms with Crippen molar-refractivity contribution >= 4 is 0 Å². The minimum Gasteiger partial charge on any atom is -0.497 e. The lowest BCUT2D eigenvalue weighted by molar-refractivity contribution is 0.232. The summed E-state index contributed by atoms with van der Waals surface area (Å²) < 4.78 is 12.8. The van der Waals surface area contributed by atoms with Crippen molar-refractivity contribution in [2.24, 2.45) is 0 Å². The number of hydrogen-bond donors (Lipinski definition) is 0. The van der Waals surface area contributed by atoms with E-state index in [4.69, 9.17) is 9.47 Å². The maximum atomic E-state index is 5.77. The number of benzene rings is 2. The first-order valence-corrected chi connectivity index (χ1v) is 8.29. The van der Waals surface area contributed by atoms with Crippen LogP contribution >= 0.6 is 0 Å². The highest BCUT2D eigenvalue weighted by Crippen LogP contribution is 2.17. The van der Waals surface area contributed by atoms with Crippen molar-refractivity contribution in [2.75, 3.05) is 27.3 Å². The number of ether oxygens (including phenoxy) is 2. The molecule has 0 atom stereocenters. The fraction of sp³-hybridized carbons (Fsp3) is 0.250. The summed E-state index contributed by atoms with van der Waals surface area (Å²) in [6.07, 6.45) is 3.98. The zero-order valence-corrected chi connectivity index (χ0v) is 14.6. The van der Waals surface area contributed by atoms with Gasteiger partial charge in [0.05, 0.1) is 19.0 Å². The smallest absolute Gasteiger partial charge is 0.119 e. The number of rotatable bonds is 8. The van der Waals surface area contributed by atoms with Gasteiger partial charge in [-0.15, -0.1) is 0 Å². The van der Waals surface area contributed by atoms with Crippen LogP contribution in [0.5, 0.6) is 11.5 Å². The third-order valence-electron chi connectivity index (χ3n) is 3.91. The quantitative estimate of drug-likeness (QED) is 0.632. The first-order valence-electron chi connectivity index (χ1n) is 8.29. The molecule has 0 aliphatic heterocycles. The number of hydrogen-bond acceptors (Lipinski definition) is 4. The fourth-order valence-corrected chi connectivity index (χ4v) is 2.55. The second-order valence-electron chi connectivity index (χ2n) is 5.89. The molecular formula is C20H23N3O2. The van der Waals surface area contributed by atoms with Gasteiger partial charge in [0.25, 0.3) is 0 Å². The summed E-state index contributed by atoms with van der Waals surface area (Å²) in [5.41, 5.74) is 2.25. The maximum absolute atomic E-state index is 5.77. The zero-order valence-electron chi connectivity index (χ0n) is 14.6. The molecule has 0 radical (unpaired) electrons. The van der Waals surface area contributed by atoms with Crippen LogP contribution in [0.3, 0.4) is 0 Å². The second-order valence-corrected chi connectivity index (χ2v) is 5.89. The largest absolute Gasteiger partial charge is 0.497 e. The molecule has 0 fully saturated rings. The number of likely N-dealkylation sites (N-methyl/N-ethyl adjacent to an activating group) is 1. The number of aromatic nitrogens is 2. The van der Waals surface area contributed by atoms with E-state index in [9.17, 15) is 0 Å². The Morgan fingerprint density at radius 3 is 2.44 bits per heavy atom. The Hall–Kier alpha value is -2.79. The van der Waals surface area contributed by atoms with Gasteiger partial charge in [0.15, 0.2) is 0 Å². The number of nitrogens with zero attached hydrogens (tertiary/aromatic N) is 3. The van der Waals surface area contributed by atoms with E-state index in [1.54, 1.807) is 7.11 Å². The molecule has 1 aromatic heterocycles. The van der Waals surface area contributed by atoms with Gasteiger partial charge < -0.3 is 9.47 Å². The Labute approximate surface area is 148 Å². The van der Waals surface area contributed by atoms with Crippen LogP contribution in [-0.4, -0.2) is 42.0 Å². The van der Waals surface area contributed by atoms with Gasteiger partial charge >= 0.3 is 0 Å². The molecule has 0 spiro atoms. The lowest BCUT2D eigenvalue weighted by atomic mass is 10.3. The van der Waals surface area contributed by atoms with Crippen molar-refractivity contribution in [3.63, 3.8) is 0 Å². The lowest BCUT2D eigenvalue weighted by Crippen LogP contribution is -2.23. The predicted octanol–water partition coefficient (Wildman–Crippen LogP) is 3.39. The molecule has 0 unspecified atom stereocenters. The highest BCUT2D eigenvalue weighted by atomic mass is 16.5. The molecule has 0 aliphatic carbocycles. The summed E-state index contributed by atoms with van der Waals surface area (Å²) >= 11 is 0. The van der Waals surface area contributed by atoms with Crippen molar-refractivity contribution in [1.29, 1.82) is 0 Å². The van der Waals surface area contributed by atoms with Gasteiger partial charge in [-0.25, -0.2) is 4.68 Å². The van der Waals surface area contributed by atoms with Gasteiger partial charge in [0, 0.05) is 24.8 Å². The van der Waals surface area contributed by atoms with Gasteiger partial charge in [0.1, 0.15) is 18.1 Å². The van der Waals surface area contributed by atoms with Crippen LogP contribution in [0.25, 0.3) is 5.69 Å². The first kappa shape index (κ1) is 17.0. The first-order chi connectivity index (χ1) is 12.2. The molecule has 5 nitrogen and oxygen atoms in total. The average molecular weight is 337 g/mol. The summed E-state index contributed by atoms with van der Waals surface area (Å²) in [4.78, 5) is 2.22. The van der Waals surface area contributed by atoms with Crippen LogP contribution in [0.2, 0.25) is 0 Å². The third kappa shape index (κ3) is 4.84. The Kier molecular flexibility index (Phi) is 5.69. The average Bonchev–Trinajstić information content (AvgIpc) is 3.11. The Morgan fingerprint density at radius 1 is 1.00 bits per heavy atom. The highest BCUT2D eigenvalue weighted by Gasteiger charge is 2.05. The normalized spacial score (nSPS) is 10.8. The topological polar surface area (TPSA) is 39.5 Å². The molecule has 5 heteroatoms. The minimum absolute atomic E-state index is 0.635. The number of para-hydroxylation sites is 1. The summed E-state index contributed by atoms with van der Waals surface area (Å²) in [6, 6.07) is 17.8. The van der Waals surface area contributed by atoms with E-state index in [1.165, 1.54) is 5.56 Å². The minimum atomic E-state index is 0.635. The van der Waals surface area contributed by atoms with Crippen LogP contribution in [0.4, 0.5) is 0 Å². The van der Waals surface area contributed by atoms with Crippen molar-refractivity contribution in [2.45, 2.75) is 6.54 Å². The number of methoxy groups -OCH3 is 1. The van der Waals surface area contributed by atoms with Gasteiger partial charge in [-0.1, -0.05) is 18.2 Å². The van der Waals surface area contributed by atoms with E-state index in [2.05, 4.69) is 23.2 Å². The molecule has 3 rings (SSSR count). The van der Waals surface area contributed by atoms with Crippen molar-refractivity contribution in [1.82, 2.24) is 14.7 Å². The Bertz CT molecular complexity index is 769. The van der Waals surface area contributed by atoms with E-state index >= 15 is 0 Å². The van der Waals surface area contributed by atoms with E-state index < -0.39 is 0 Å². The van der Waals surface area contributed by atoms with Gasteiger partial charge in [-0.2, -0.15) is 5.10 Å². The second kappa shape index (κ2) is 8.35. The van der Waals surface area contributed by atoms with Crippen molar-refractivity contribution in [3.05, 3.63) is 72.6 Å². The fourth-order valence-electron chi connectivity index (χ4n) is 2.55. The summed E-state index contributed by atoms with van der Waals surface area (Å²) in [7, 11) is 3.74. The summed E-state index contributed by atoms with van der Waals surface area (Å²) in [5.74, 6) is 1.69. The molecule has 130 valence electrons. The standard InChI is InChI=1S/C20H23N3O2/c1-22(12-13-25-20-10-8-19(24-2)9-11-20)15-17-14-21-23(16-17)18-6-4-3-5-7-18/h3-11,14,16H,12-13,15H2,1-2H3. The van der Waals surface area contributed by atoms with Crippen LogP contribution in [0.1, 0.15) is 5.56 Å². The third-order valence-corrected chi connectivity index (χ3v) is 3.91. The molecule has 0 aliphatic rings. The van der Waals surface area contributed by atoms with Crippen LogP contribution in [0, 0.1) is 0 Å². The van der Waals surface area contributed by atoms with Gasteiger partial charge in [0.2, 0.25) is 0 Å². The molecule has 25 heavy (non-hydrogen) atoms. The van der Waals surface area contributed by atoms with E-state index in [0.717, 1.165) is 30.3 Å². The molecule has 0 saturated heterocycles. The van der Waals surface area contributed by atoms with E-state index in [1.807, 2.05) is 65.5 Å². The molecular weight excluding hydrogens is 314 g/mol. The van der Waals surface area contributed by atoms with Crippen LogP contribution < -0.4 is 9.47 Å². The molecule has 2 aromatic carbocycles. The van der Waals surface area contributed by atoms with Crippen molar-refractivity contribution < 1.29 is 9.47 Å². The highest BCUT2D eigenvalue weighted by molar-refractivity contribution is 5.31. The molecule has 1 heterocycles. The lowest BCUT2D eigenvalue weighted by Gasteiger charge is -2.16. The Balaban J connectivity index is 1.46. The maximum Gasteiger partial charge on any atom is 0.119 e. The predicted molar refractivity (Wildman–Crippen MR) is 98.4 cm³/mol. The SMILES string of the molecule is COc1ccc(OCCN(C)Cc2cnn(-c3ccccc3)c2)cc1. The van der Waals surface area contributed by atoms with Gasteiger partial charge in [-0.05, 0) is 43.4 Å².